The Balaban J connectivity index is 3.21. The maximum atomic E-state index is 11.2. The molecule has 4 nitrogen and oxygen atoms in total. The average molecular weight is 231 g/mol. The highest BCUT2D eigenvalue weighted by atomic mass is 16.5. The van der Waals surface area contributed by atoms with Gasteiger partial charge in [0.15, 0.2) is 0 Å². The fourth-order valence-electron chi connectivity index (χ4n) is 1.07. The van der Waals surface area contributed by atoms with Crippen molar-refractivity contribution in [3.63, 3.8) is 0 Å². The first-order valence-corrected chi connectivity index (χ1v) is 6.02. The summed E-state index contributed by atoms with van der Waals surface area (Å²) in [5.74, 6) is -0.0431. The van der Waals surface area contributed by atoms with Gasteiger partial charge in [0, 0.05) is 13.2 Å². The zero-order valence-electron chi connectivity index (χ0n) is 10.9. The second-order valence-corrected chi connectivity index (χ2v) is 4.34. The van der Waals surface area contributed by atoms with Gasteiger partial charge in [0.1, 0.15) is 6.61 Å². The lowest BCUT2D eigenvalue weighted by atomic mass is 10.3. The summed E-state index contributed by atoms with van der Waals surface area (Å²) in [6, 6.07) is 0. The second kappa shape index (κ2) is 9.60. The fraction of sp³-hybridized carbons (Fsp3) is 0.917. The predicted molar refractivity (Wildman–Crippen MR) is 64.4 cm³/mol. The van der Waals surface area contributed by atoms with Crippen molar-refractivity contribution in [3.8, 4) is 0 Å². The number of rotatable bonds is 9. The van der Waals surface area contributed by atoms with Gasteiger partial charge in [0.25, 0.3) is 0 Å². The molecule has 0 radical (unpaired) electrons. The molecule has 0 saturated heterocycles. The van der Waals surface area contributed by atoms with E-state index in [9.17, 15) is 4.79 Å². The normalized spacial score (nSPS) is 11.1. The summed E-state index contributed by atoms with van der Waals surface area (Å²) in [4.78, 5) is 11.2. The van der Waals surface area contributed by atoms with E-state index in [2.05, 4.69) is 5.32 Å². The minimum absolute atomic E-state index is 0.0431. The number of carbonyl (C=O) groups is 1. The molecular weight excluding hydrogens is 206 g/mol. The maximum absolute atomic E-state index is 11.2. The lowest BCUT2D eigenvalue weighted by Crippen LogP contribution is -2.29. The van der Waals surface area contributed by atoms with Gasteiger partial charge in [-0.3, -0.25) is 4.79 Å². The zero-order chi connectivity index (χ0) is 12.4. The van der Waals surface area contributed by atoms with Gasteiger partial charge in [-0.15, -0.1) is 0 Å². The van der Waals surface area contributed by atoms with Crippen LogP contribution in [-0.2, 0) is 14.3 Å². The van der Waals surface area contributed by atoms with E-state index in [-0.39, 0.29) is 24.7 Å². The van der Waals surface area contributed by atoms with Crippen LogP contribution in [0.4, 0.5) is 0 Å². The Morgan fingerprint density at radius 3 is 2.25 bits per heavy atom. The highest BCUT2D eigenvalue weighted by Crippen LogP contribution is 1.93. The molecule has 0 aliphatic rings. The number of hydrogen-bond acceptors (Lipinski definition) is 3. The summed E-state index contributed by atoms with van der Waals surface area (Å²) in [6.07, 6.45) is 2.31. The number of carbonyl (C=O) groups excluding carboxylic acids is 1. The van der Waals surface area contributed by atoms with Gasteiger partial charge in [-0.2, -0.15) is 0 Å². The summed E-state index contributed by atoms with van der Waals surface area (Å²) in [5, 5.41) is 2.81. The third-order valence-electron chi connectivity index (χ3n) is 1.89. The highest BCUT2D eigenvalue weighted by molar-refractivity contribution is 5.77. The van der Waals surface area contributed by atoms with Crippen molar-refractivity contribution < 1.29 is 14.3 Å². The molecule has 1 amide bonds. The van der Waals surface area contributed by atoms with E-state index in [1.807, 2.05) is 27.7 Å². The van der Waals surface area contributed by atoms with Gasteiger partial charge in [0.2, 0.25) is 5.91 Å². The van der Waals surface area contributed by atoms with Gasteiger partial charge in [-0.1, -0.05) is 0 Å². The van der Waals surface area contributed by atoms with Crippen molar-refractivity contribution in [3.05, 3.63) is 0 Å². The van der Waals surface area contributed by atoms with Crippen molar-refractivity contribution in [2.45, 2.75) is 52.7 Å². The zero-order valence-corrected chi connectivity index (χ0v) is 10.9. The van der Waals surface area contributed by atoms with E-state index in [4.69, 9.17) is 9.47 Å². The van der Waals surface area contributed by atoms with Crippen LogP contribution in [0.3, 0.4) is 0 Å². The molecule has 0 aliphatic heterocycles. The Kier molecular flexibility index (Phi) is 9.24. The summed E-state index contributed by atoms with van der Waals surface area (Å²) >= 11 is 0. The van der Waals surface area contributed by atoms with Gasteiger partial charge >= 0.3 is 0 Å². The molecule has 0 bridgehead atoms. The van der Waals surface area contributed by atoms with Crippen LogP contribution in [0.25, 0.3) is 0 Å². The molecule has 0 heterocycles. The third-order valence-corrected chi connectivity index (χ3v) is 1.89. The monoisotopic (exact) mass is 231 g/mol. The molecular formula is C12H25NO3. The van der Waals surface area contributed by atoms with Crippen LogP contribution >= 0.6 is 0 Å². The molecule has 0 spiro atoms. The summed E-state index contributed by atoms with van der Waals surface area (Å²) in [7, 11) is 0. The summed E-state index contributed by atoms with van der Waals surface area (Å²) in [5.41, 5.74) is 0. The second-order valence-electron chi connectivity index (χ2n) is 4.34. The van der Waals surface area contributed by atoms with E-state index < -0.39 is 0 Å². The maximum Gasteiger partial charge on any atom is 0.246 e. The average Bonchev–Trinajstić information content (AvgIpc) is 2.19. The number of unbranched alkanes of at least 4 members (excludes halogenated alkanes) is 1. The Labute approximate surface area is 98.7 Å². The van der Waals surface area contributed by atoms with Crippen molar-refractivity contribution >= 4 is 5.91 Å². The van der Waals surface area contributed by atoms with Crippen LogP contribution in [0, 0.1) is 0 Å². The molecule has 0 aromatic carbocycles. The lowest BCUT2D eigenvalue weighted by Gasteiger charge is -2.09. The van der Waals surface area contributed by atoms with Crippen molar-refractivity contribution in [2.24, 2.45) is 0 Å². The Hall–Kier alpha value is -0.610. The Morgan fingerprint density at radius 2 is 1.69 bits per heavy atom. The summed E-state index contributed by atoms with van der Waals surface area (Å²) in [6.45, 7) is 9.47. The van der Waals surface area contributed by atoms with Crippen molar-refractivity contribution in [1.29, 1.82) is 0 Å². The molecule has 0 rings (SSSR count). The van der Waals surface area contributed by atoms with Crippen LogP contribution in [0.2, 0.25) is 0 Å². The van der Waals surface area contributed by atoms with Crippen LogP contribution < -0.4 is 5.32 Å². The molecule has 4 heteroatoms. The molecule has 1 N–H and O–H groups in total. The number of nitrogens with one attached hydrogen (secondary N) is 1. The van der Waals surface area contributed by atoms with Crippen LogP contribution in [0.5, 0.6) is 0 Å². The van der Waals surface area contributed by atoms with Crippen LogP contribution in [-0.4, -0.2) is 37.9 Å². The first kappa shape index (κ1) is 15.4. The minimum Gasteiger partial charge on any atom is -0.379 e. The van der Waals surface area contributed by atoms with Crippen molar-refractivity contribution in [1.82, 2.24) is 5.32 Å². The minimum atomic E-state index is -0.0431. The Morgan fingerprint density at radius 1 is 1.06 bits per heavy atom. The van der Waals surface area contributed by atoms with E-state index in [0.29, 0.717) is 6.54 Å². The fourth-order valence-corrected chi connectivity index (χ4v) is 1.07. The van der Waals surface area contributed by atoms with Gasteiger partial charge in [0.05, 0.1) is 12.2 Å². The van der Waals surface area contributed by atoms with E-state index in [0.717, 1.165) is 19.4 Å². The molecule has 0 saturated carbocycles. The molecule has 0 aromatic rings. The molecule has 16 heavy (non-hydrogen) atoms. The number of hydrogen-bond donors (Lipinski definition) is 1. The standard InChI is InChI=1S/C12H25NO3/c1-10(2)15-8-6-5-7-13-12(14)9-16-11(3)4/h10-11H,5-9H2,1-4H3,(H,13,14). The smallest absolute Gasteiger partial charge is 0.246 e. The molecule has 0 unspecified atom stereocenters. The van der Waals surface area contributed by atoms with Gasteiger partial charge in [-0.05, 0) is 40.5 Å². The van der Waals surface area contributed by atoms with Gasteiger partial charge < -0.3 is 14.8 Å². The number of ether oxygens (including phenoxy) is 2. The third kappa shape index (κ3) is 11.5. The molecule has 0 aromatic heterocycles. The first-order valence-electron chi connectivity index (χ1n) is 6.02. The highest BCUT2D eigenvalue weighted by Gasteiger charge is 2.02. The summed E-state index contributed by atoms with van der Waals surface area (Å²) < 4.78 is 10.6. The first-order chi connectivity index (χ1) is 7.52. The van der Waals surface area contributed by atoms with E-state index in [1.54, 1.807) is 0 Å². The van der Waals surface area contributed by atoms with E-state index in [1.165, 1.54) is 0 Å². The van der Waals surface area contributed by atoms with E-state index >= 15 is 0 Å². The molecule has 96 valence electrons. The lowest BCUT2D eigenvalue weighted by molar-refractivity contribution is -0.127. The molecule has 0 aliphatic carbocycles. The quantitative estimate of drug-likeness (QED) is 0.615. The SMILES string of the molecule is CC(C)OCCCCNC(=O)COC(C)C. The number of amides is 1. The van der Waals surface area contributed by atoms with Crippen LogP contribution in [0.1, 0.15) is 40.5 Å². The largest absolute Gasteiger partial charge is 0.379 e. The molecule has 0 atom stereocenters. The predicted octanol–water partition coefficient (Wildman–Crippen LogP) is 1.73. The van der Waals surface area contributed by atoms with Crippen LogP contribution in [0.15, 0.2) is 0 Å². The van der Waals surface area contributed by atoms with Crippen molar-refractivity contribution in [2.75, 3.05) is 19.8 Å². The Bertz CT molecular complexity index is 181. The van der Waals surface area contributed by atoms with Gasteiger partial charge in [-0.25, -0.2) is 0 Å². The molecule has 0 fully saturated rings. The topological polar surface area (TPSA) is 47.6 Å².